The Kier molecular flexibility index (Phi) is 5.98. The molecule has 0 aliphatic carbocycles. The van der Waals surface area contributed by atoms with Gasteiger partial charge in [-0.3, -0.25) is 4.79 Å². The molecule has 0 aliphatic heterocycles. The van der Waals surface area contributed by atoms with Crippen LogP contribution >= 0.6 is 0 Å². The van der Waals surface area contributed by atoms with Crippen LogP contribution in [0.15, 0.2) is 54.9 Å². The summed E-state index contributed by atoms with van der Waals surface area (Å²) in [7, 11) is 0. The highest BCUT2D eigenvalue weighted by Crippen LogP contribution is 2.23. The van der Waals surface area contributed by atoms with Gasteiger partial charge in [0.1, 0.15) is 19.0 Å². The van der Waals surface area contributed by atoms with Crippen LogP contribution in [0.3, 0.4) is 0 Å². The monoisotopic (exact) mass is 364 g/mol. The number of benzene rings is 2. The number of para-hydroxylation sites is 1. The maximum Gasteiger partial charge on any atom is 0.244 e. The summed E-state index contributed by atoms with van der Waals surface area (Å²) in [5, 5.41) is 21.5. The van der Waals surface area contributed by atoms with Gasteiger partial charge >= 0.3 is 0 Å². The van der Waals surface area contributed by atoms with Crippen LogP contribution in [-0.4, -0.2) is 25.8 Å². The van der Waals surface area contributed by atoms with E-state index < -0.39 is 6.10 Å². The highest BCUT2D eigenvalue weighted by molar-refractivity contribution is 5.92. The topological polar surface area (TPSA) is 80.0 Å². The Morgan fingerprint density at radius 1 is 1.07 bits per heavy atom. The van der Waals surface area contributed by atoms with E-state index in [9.17, 15) is 9.90 Å². The van der Waals surface area contributed by atoms with Crippen molar-refractivity contribution in [1.82, 2.24) is 14.8 Å². The Balaban J connectivity index is 1.78. The van der Waals surface area contributed by atoms with Crippen molar-refractivity contribution in [3.63, 3.8) is 0 Å². The summed E-state index contributed by atoms with van der Waals surface area (Å²) in [6.07, 6.45) is 2.21. The van der Waals surface area contributed by atoms with Gasteiger partial charge in [-0.05, 0) is 29.5 Å². The van der Waals surface area contributed by atoms with Gasteiger partial charge in [-0.1, -0.05) is 62.4 Å². The largest absolute Gasteiger partial charge is 0.380 e. The molecule has 6 nitrogen and oxygen atoms in total. The molecule has 0 saturated heterocycles. The normalized spacial score (nSPS) is 12.0. The molecule has 0 radical (unpaired) electrons. The maximum atomic E-state index is 12.7. The maximum absolute atomic E-state index is 12.7. The first-order valence-electron chi connectivity index (χ1n) is 9.15. The number of nitrogens with zero attached hydrogens (tertiary/aromatic N) is 3. The number of carbonyl (C=O) groups is 1. The molecule has 1 aromatic heterocycles. The SMILES string of the molecule is CCc1cccc(CC)c1NC(=O)Cn1cnnc1C(O)c1ccccc1. The molecule has 0 aliphatic rings. The lowest BCUT2D eigenvalue weighted by molar-refractivity contribution is -0.116. The molecule has 3 aromatic rings. The van der Waals surface area contributed by atoms with Crippen molar-refractivity contribution in [3.05, 3.63) is 77.4 Å². The van der Waals surface area contributed by atoms with E-state index in [0.717, 1.165) is 29.7 Å². The molecule has 6 heteroatoms. The molecule has 1 atom stereocenters. The Morgan fingerprint density at radius 3 is 2.37 bits per heavy atom. The van der Waals surface area contributed by atoms with Gasteiger partial charge in [-0.15, -0.1) is 10.2 Å². The lowest BCUT2D eigenvalue weighted by Gasteiger charge is -2.16. The fourth-order valence-electron chi connectivity index (χ4n) is 3.12. The van der Waals surface area contributed by atoms with Gasteiger partial charge in [-0.2, -0.15) is 0 Å². The lowest BCUT2D eigenvalue weighted by Crippen LogP contribution is -2.22. The van der Waals surface area contributed by atoms with Crippen molar-refractivity contribution in [1.29, 1.82) is 0 Å². The Hall–Kier alpha value is -2.99. The number of carbonyl (C=O) groups excluding carboxylic acids is 1. The summed E-state index contributed by atoms with van der Waals surface area (Å²) in [5.74, 6) is 0.169. The van der Waals surface area contributed by atoms with Gasteiger partial charge in [0.2, 0.25) is 5.91 Å². The molecule has 140 valence electrons. The van der Waals surface area contributed by atoms with E-state index >= 15 is 0 Å². The number of anilines is 1. The summed E-state index contributed by atoms with van der Waals surface area (Å²) in [5.41, 5.74) is 3.80. The third-order valence-corrected chi connectivity index (χ3v) is 4.58. The van der Waals surface area contributed by atoms with Crippen LogP contribution in [0.1, 0.15) is 42.5 Å². The Labute approximate surface area is 158 Å². The smallest absolute Gasteiger partial charge is 0.244 e. The quantitative estimate of drug-likeness (QED) is 0.675. The first-order chi connectivity index (χ1) is 13.1. The minimum Gasteiger partial charge on any atom is -0.380 e. The molecule has 1 unspecified atom stereocenters. The molecule has 0 saturated carbocycles. The molecule has 1 heterocycles. The van der Waals surface area contributed by atoms with Crippen molar-refractivity contribution < 1.29 is 9.90 Å². The molecule has 2 aromatic carbocycles. The van der Waals surface area contributed by atoms with Crippen LogP contribution in [0.25, 0.3) is 0 Å². The van der Waals surface area contributed by atoms with Crippen molar-refractivity contribution >= 4 is 11.6 Å². The van der Waals surface area contributed by atoms with Crippen LogP contribution in [0.2, 0.25) is 0 Å². The van der Waals surface area contributed by atoms with E-state index in [-0.39, 0.29) is 12.5 Å². The summed E-state index contributed by atoms with van der Waals surface area (Å²) in [6.45, 7) is 4.17. The third-order valence-electron chi connectivity index (χ3n) is 4.58. The van der Waals surface area contributed by atoms with Crippen molar-refractivity contribution in [3.8, 4) is 0 Å². The number of aromatic nitrogens is 3. The molecular weight excluding hydrogens is 340 g/mol. The number of aliphatic hydroxyl groups is 1. The van der Waals surface area contributed by atoms with Gasteiger partial charge in [0.05, 0.1) is 0 Å². The zero-order chi connectivity index (χ0) is 19.2. The van der Waals surface area contributed by atoms with Crippen LogP contribution < -0.4 is 5.32 Å². The van der Waals surface area contributed by atoms with Gasteiger partial charge in [0.15, 0.2) is 5.82 Å². The van der Waals surface area contributed by atoms with Gasteiger partial charge in [0.25, 0.3) is 0 Å². The van der Waals surface area contributed by atoms with E-state index in [0.29, 0.717) is 11.4 Å². The molecular formula is C21H24N4O2. The average Bonchev–Trinajstić information content (AvgIpc) is 3.16. The fraction of sp³-hybridized carbons (Fsp3) is 0.286. The Morgan fingerprint density at radius 2 is 1.74 bits per heavy atom. The Bertz CT molecular complexity index is 883. The van der Waals surface area contributed by atoms with Crippen LogP contribution in [0.4, 0.5) is 5.69 Å². The zero-order valence-corrected chi connectivity index (χ0v) is 15.6. The van der Waals surface area contributed by atoms with E-state index in [2.05, 4.69) is 29.4 Å². The van der Waals surface area contributed by atoms with Crippen molar-refractivity contribution in [2.24, 2.45) is 0 Å². The zero-order valence-electron chi connectivity index (χ0n) is 15.6. The van der Waals surface area contributed by atoms with Crippen LogP contribution in [0, 0.1) is 0 Å². The summed E-state index contributed by atoms with van der Waals surface area (Å²) >= 11 is 0. The molecule has 0 spiro atoms. The predicted octanol–water partition coefficient (Wildman–Crippen LogP) is 3.12. The van der Waals surface area contributed by atoms with Crippen molar-refractivity contribution in [2.45, 2.75) is 39.3 Å². The molecule has 27 heavy (non-hydrogen) atoms. The highest BCUT2D eigenvalue weighted by atomic mass is 16.3. The second kappa shape index (κ2) is 8.60. The number of hydrogen-bond acceptors (Lipinski definition) is 4. The molecule has 1 amide bonds. The molecule has 0 bridgehead atoms. The van der Waals surface area contributed by atoms with Crippen LogP contribution in [0.5, 0.6) is 0 Å². The highest BCUT2D eigenvalue weighted by Gasteiger charge is 2.19. The summed E-state index contributed by atoms with van der Waals surface area (Å²) in [4.78, 5) is 12.7. The van der Waals surface area contributed by atoms with Crippen molar-refractivity contribution in [2.75, 3.05) is 5.32 Å². The molecule has 2 N–H and O–H groups in total. The number of rotatable bonds is 7. The minimum absolute atomic E-state index is 0.0351. The third kappa shape index (κ3) is 4.23. The van der Waals surface area contributed by atoms with E-state index in [1.807, 2.05) is 48.5 Å². The first kappa shape index (κ1) is 18.8. The number of nitrogens with one attached hydrogen (secondary N) is 1. The summed E-state index contributed by atoms with van der Waals surface area (Å²) in [6, 6.07) is 15.3. The van der Waals surface area contributed by atoms with E-state index in [4.69, 9.17) is 0 Å². The lowest BCUT2D eigenvalue weighted by atomic mass is 10.0. The first-order valence-corrected chi connectivity index (χ1v) is 9.15. The fourth-order valence-corrected chi connectivity index (χ4v) is 3.12. The molecule has 3 rings (SSSR count). The van der Waals surface area contributed by atoms with Gasteiger partial charge in [-0.25, -0.2) is 0 Å². The number of hydrogen-bond donors (Lipinski definition) is 2. The second-order valence-electron chi connectivity index (χ2n) is 6.34. The van der Waals surface area contributed by atoms with Gasteiger partial charge < -0.3 is 15.0 Å². The van der Waals surface area contributed by atoms with Crippen LogP contribution in [-0.2, 0) is 24.2 Å². The van der Waals surface area contributed by atoms with Gasteiger partial charge in [0, 0.05) is 5.69 Å². The number of aliphatic hydroxyl groups excluding tert-OH is 1. The summed E-state index contributed by atoms with van der Waals surface area (Å²) < 4.78 is 1.58. The second-order valence-corrected chi connectivity index (χ2v) is 6.34. The number of amides is 1. The minimum atomic E-state index is -0.935. The predicted molar refractivity (Wildman–Crippen MR) is 104 cm³/mol. The van der Waals surface area contributed by atoms with E-state index in [1.165, 1.54) is 6.33 Å². The number of aryl methyl sites for hydroxylation is 2. The van der Waals surface area contributed by atoms with E-state index in [1.54, 1.807) is 4.57 Å². The molecule has 0 fully saturated rings. The average molecular weight is 364 g/mol. The standard InChI is InChI=1S/C21H24N4O2/c1-3-15-11-8-12-16(4-2)19(15)23-18(26)13-25-14-22-24-21(25)20(27)17-9-6-5-7-10-17/h5-12,14,20,27H,3-4,13H2,1-2H3,(H,23,26).